The van der Waals surface area contributed by atoms with Gasteiger partial charge in [0.1, 0.15) is 5.82 Å². The quantitative estimate of drug-likeness (QED) is 0.446. The fourth-order valence-electron chi connectivity index (χ4n) is 4.56. The van der Waals surface area contributed by atoms with Crippen molar-refractivity contribution in [2.45, 2.75) is 45.7 Å². The molecule has 0 radical (unpaired) electrons. The summed E-state index contributed by atoms with van der Waals surface area (Å²) in [5.74, 6) is -0.341. The first-order valence-corrected chi connectivity index (χ1v) is 11.8. The molecule has 1 aliphatic rings. The zero-order valence-corrected chi connectivity index (χ0v) is 19.5. The average molecular weight is 471 g/mol. The second kappa shape index (κ2) is 9.54. The van der Waals surface area contributed by atoms with Crippen molar-refractivity contribution >= 4 is 22.6 Å². The molecule has 2 aromatic heterocycles. The van der Waals surface area contributed by atoms with E-state index in [4.69, 9.17) is 0 Å². The van der Waals surface area contributed by atoms with E-state index in [0.717, 1.165) is 49.3 Å². The lowest BCUT2D eigenvalue weighted by molar-refractivity contribution is 0.0840. The van der Waals surface area contributed by atoms with Gasteiger partial charge in [0.25, 0.3) is 17.4 Å². The van der Waals surface area contributed by atoms with Crippen LogP contribution in [0.1, 0.15) is 52.9 Å². The van der Waals surface area contributed by atoms with E-state index in [1.165, 1.54) is 4.68 Å². The molecule has 4 aromatic rings. The largest absolute Gasteiger partial charge is 0.327 e. The van der Waals surface area contributed by atoms with Gasteiger partial charge in [-0.15, -0.1) is 0 Å². The minimum atomic E-state index is -0.606. The molecule has 9 nitrogen and oxygen atoms in total. The first kappa shape index (κ1) is 22.5. The predicted molar refractivity (Wildman–Crippen MR) is 132 cm³/mol. The molecule has 35 heavy (non-hydrogen) atoms. The molecule has 0 atom stereocenters. The van der Waals surface area contributed by atoms with Crippen LogP contribution in [0.25, 0.3) is 22.2 Å². The number of hydrogen-bond acceptors (Lipinski definition) is 5. The Bertz CT molecular complexity index is 1470. The molecular weight excluding hydrogens is 444 g/mol. The standard InChI is InChI=1S/C26H26N6O3/c1-2-32-26(35)19-14-9-8-13-18(19)21(30-32)24(33)28-29-25(34)22-20-15-7-4-10-16-31(20)23(27-22)17-11-5-3-6-12-17/h3,5-6,8-9,11-14H,2,4,7,10,15-16H2,1H3,(H,28,33)(H,29,34). The predicted octanol–water partition coefficient (Wildman–Crippen LogP) is 3.08. The molecule has 1 aliphatic heterocycles. The van der Waals surface area contributed by atoms with E-state index in [-0.39, 0.29) is 11.3 Å². The fourth-order valence-corrected chi connectivity index (χ4v) is 4.56. The molecule has 0 aliphatic carbocycles. The summed E-state index contributed by atoms with van der Waals surface area (Å²) in [6, 6.07) is 16.6. The van der Waals surface area contributed by atoms with E-state index in [0.29, 0.717) is 23.0 Å². The van der Waals surface area contributed by atoms with E-state index < -0.39 is 11.8 Å². The number of hydrazine groups is 1. The van der Waals surface area contributed by atoms with E-state index in [1.54, 1.807) is 31.2 Å². The van der Waals surface area contributed by atoms with E-state index in [2.05, 4.69) is 25.5 Å². The second-order valence-electron chi connectivity index (χ2n) is 8.48. The molecule has 2 N–H and O–H groups in total. The summed E-state index contributed by atoms with van der Waals surface area (Å²) >= 11 is 0. The number of fused-ring (bicyclic) bond motifs is 2. The molecule has 0 bridgehead atoms. The third-order valence-corrected chi connectivity index (χ3v) is 6.29. The minimum Gasteiger partial charge on any atom is -0.327 e. The molecule has 0 saturated heterocycles. The van der Waals surface area contributed by atoms with Gasteiger partial charge in [0.15, 0.2) is 11.4 Å². The number of benzene rings is 2. The van der Waals surface area contributed by atoms with Gasteiger partial charge in [0.2, 0.25) is 0 Å². The van der Waals surface area contributed by atoms with Crippen LogP contribution >= 0.6 is 0 Å². The maximum Gasteiger partial charge on any atom is 0.290 e. The average Bonchev–Trinajstić information content (AvgIpc) is 3.08. The van der Waals surface area contributed by atoms with Crippen LogP contribution in [0.4, 0.5) is 0 Å². The number of nitrogens with zero attached hydrogens (tertiary/aromatic N) is 4. The Kier molecular flexibility index (Phi) is 6.13. The highest BCUT2D eigenvalue weighted by molar-refractivity contribution is 6.06. The van der Waals surface area contributed by atoms with Crippen LogP contribution in [0.15, 0.2) is 59.4 Å². The Morgan fingerprint density at radius 1 is 0.886 bits per heavy atom. The van der Waals surface area contributed by atoms with Gasteiger partial charge >= 0.3 is 0 Å². The van der Waals surface area contributed by atoms with E-state index >= 15 is 0 Å². The SMILES string of the molecule is CCn1nc(C(=O)NNC(=O)c2nc(-c3ccccc3)n3c2CCCCC3)c2ccccc2c1=O. The number of rotatable bonds is 4. The van der Waals surface area contributed by atoms with Crippen molar-refractivity contribution in [2.24, 2.45) is 0 Å². The van der Waals surface area contributed by atoms with Crippen molar-refractivity contribution in [1.82, 2.24) is 30.2 Å². The lowest BCUT2D eigenvalue weighted by Gasteiger charge is -2.11. The van der Waals surface area contributed by atoms with Crippen LogP contribution in [0.3, 0.4) is 0 Å². The zero-order chi connectivity index (χ0) is 24.4. The summed E-state index contributed by atoms with van der Waals surface area (Å²) < 4.78 is 3.35. The first-order valence-electron chi connectivity index (χ1n) is 11.8. The number of aromatic nitrogens is 4. The van der Waals surface area contributed by atoms with Crippen LogP contribution in [0.5, 0.6) is 0 Å². The smallest absolute Gasteiger partial charge is 0.290 e. The summed E-state index contributed by atoms with van der Waals surface area (Å²) in [6.07, 6.45) is 3.82. The highest BCUT2D eigenvalue weighted by atomic mass is 16.2. The number of hydrogen-bond donors (Lipinski definition) is 2. The molecular formula is C26H26N6O3. The number of carbonyl (C=O) groups is 2. The zero-order valence-electron chi connectivity index (χ0n) is 19.5. The molecule has 0 fully saturated rings. The number of nitrogens with one attached hydrogen (secondary N) is 2. The van der Waals surface area contributed by atoms with Crippen molar-refractivity contribution in [3.8, 4) is 11.4 Å². The Morgan fingerprint density at radius 2 is 1.57 bits per heavy atom. The van der Waals surface area contributed by atoms with Gasteiger partial charge in [-0.3, -0.25) is 25.2 Å². The maximum absolute atomic E-state index is 13.2. The van der Waals surface area contributed by atoms with Gasteiger partial charge in [-0.25, -0.2) is 9.67 Å². The number of imidazole rings is 1. The summed E-state index contributed by atoms with van der Waals surface area (Å²) in [7, 11) is 0. The van der Waals surface area contributed by atoms with Gasteiger partial charge in [-0.05, 0) is 32.3 Å². The highest BCUT2D eigenvalue weighted by Crippen LogP contribution is 2.27. The summed E-state index contributed by atoms with van der Waals surface area (Å²) in [4.78, 5) is 43.4. The lowest BCUT2D eigenvalue weighted by atomic mass is 10.1. The second-order valence-corrected chi connectivity index (χ2v) is 8.48. The molecule has 2 aromatic carbocycles. The van der Waals surface area contributed by atoms with E-state index in [9.17, 15) is 14.4 Å². The Morgan fingerprint density at radius 3 is 2.31 bits per heavy atom. The van der Waals surface area contributed by atoms with Crippen molar-refractivity contribution < 1.29 is 9.59 Å². The Hall–Kier alpha value is -4.27. The fraction of sp³-hybridized carbons (Fsp3) is 0.269. The molecule has 3 heterocycles. The van der Waals surface area contributed by atoms with Gasteiger partial charge < -0.3 is 4.57 Å². The van der Waals surface area contributed by atoms with Crippen LogP contribution in [0.2, 0.25) is 0 Å². The third-order valence-electron chi connectivity index (χ3n) is 6.29. The molecule has 2 amide bonds. The minimum absolute atomic E-state index is 0.0657. The van der Waals surface area contributed by atoms with Crippen molar-refractivity contribution in [1.29, 1.82) is 0 Å². The number of carbonyl (C=O) groups excluding carboxylic acids is 2. The van der Waals surface area contributed by atoms with Crippen molar-refractivity contribution in [2.75, 3.05) is 0 Å². The molecule has 0 spiro atoms. The molecule has 0 saturated carbocycles. The monoisotopic (exact) mass is 470 g/mol. The Labute approximate surface area is 201 Å². The van der Waals surface area contributed by atoms with Crippen molar-refractivity contribution in [3.63, 3.8) is 0 Å². The van der Waals surface area contributed by atoms with Gasteiger partial charge in [-0.1, -0.05) is 55.0 Å². The van der Waals surface area contributed by atoms with Gasteiger partial charge in [-0.2, -0.15) is 5.10 Å². The highest BCUT2D eigenvalue weighted by Gasteiger charge is 2.25. The van der Waals surface area contributed by atoms with Crippen LogP contribution in [-0.4, -0.2) is 31.1 Å². The summed E-state index contributed by atoms with van der Waals surface area (Å²) in [5.41, 5.74) is 6.89. The molecule has 9 heteroatoms. The molecule has 178 valence electrons. The normalized spacial score (nSPS) is 13.2. The topological polar surface area (TPSA) is 111 Å². The summed E-state index contributed by atoms with van der Waals surface area (Å²) in [5, 5.41) is 5.04. The van der Waals surface area contributed by atoms with Crippen molar-refractivity contribution in [3.05, 3.63) is 82.0 Å². The van der Waals surface area contributed by atoms with Crippen LogP contribution in [-0.2, 0) is 19.5 Å². The Balaban J connectivity index is 1.44. The van der Waals surface area contributed by atoms with Crippen LogP contribution < -0.4 is 16.4 Å². The molecule has 5 rings (SSSR count). The third kappa shape index (κ3) is 4.21. The first-order chi connectivity index (χ1) is 17.1. The summed E-state index contributed by atoms with van der Waals surface area (Å²) in [6.45, 7) is 2.89. The number of aryl methyl sites for hydroxylation is 1. The number of amides is 2. The van der Waals surface area contributed by atoms with Gasteiger partial charge in [0.05, 0.1) is 11.1 Å². The lowest BCUT2D eigenvalue weighted by Crippen LogP contribution is -2.43. The molecule has 0 unspecified atom stereocenters. The van der Waals surface area contributed by atoms with Crippen LogP contribution in [0, 0.1) is 0 Å². The van der Waals surface area contributed by atoms with E-state index in [1.807, 2.05) is 30.3 Å². The van der Waals surface area contributed by atoms with Gasteiger partial charge in [0, 0.05) is 24.0 Å². The maximum atomic E-state index is 13.2.